The van der Waals surface area contributed by atoms with Crippen LogP contribution in [0.5, 0.6) is 0 Å². The van der Waals surface area contributed by atoms with E-state index in [2.05, 4.69) is 47.1 Å². The van der Waals surface area contributed by atoms with E-state index < -0.39 is 42.0 Å². The second-order valence-electron chi connectivity index (χ2n) is 8.80. The Hall–Kier alpha value is -2.78. The molecular formula is C20H26BrFN6O6S. The summed E-state index contributed by atoms with van der Waals surface area (Å²) >= 11 is 4.10. The van der Waals surface area contributed by atoms with E-state index in [1.54, 1.807) is 20.8 Å². The molecule has 1 fully saturated rings. The van der Waals surface area contributed by atoms with Crippen LogP contribution >= 0.6 is 27.3 Å². The zero-order valence-electron chi connectivity index (χ0n) is 19.2. The van der Waals surface area contributed by atoms with Crippen molar-refractivity contribution >= 4 is 56.0 Å². The second-order valence-corrected chi connectivity index (χ2v) is 11.1. The molecule has 5 N–H and O–H groups in total. The summed E-state index contributed by atoms with van der Waals surface area (Å²) < 4.78 is 25.8. The van der Waals surface area contributed by atoms with Gasteiger partial charge in [-0.05, 0) is 49.5 Å². The first-order valence-corrected chi connectivity index (χ1v) is 12.3. The minimum atomic E-state index is -1.41. The van der Waals surface area contributed by atoms with Gasteiger partial charge in [0, 0.05) is 6.42 Å². The Balaban J connectivity index is 1.61. The Labute approximate surface area is 212 Å². The summed E-state index contributed by atoms with van der Waals surface area (Å²) in [5.74, 6) is -0.634. The molecule has 192 valence electrons. The topological polar surface area (TPSA) is 168 Å². The van der Waals surface area contributed by atoms with Crippen LogP contribution in [-0.4, -0.2) is 68.9 Å². The SMILES string of the molecule is CC(C)(C)OC(=O)N[C@@H]1CC[C@@H](Cc2[nH]ncc2NC(=O)c2nc(Br)sc2NC(=O)O)OC[C@H]1F. The number of alkyl carbamates (subject to hydrolysis) is 1. The molecule has 0 spiro atoms. The fraction of sp³-hybridized carbons (Fsp3) is 0.550. The zero-order valence-corrected chi connectivity index (χ0v) is 21.6. The van der Waals surface area contributed by atoms with E-state index in [1.807, 2.05) is 0 Å². The molecule has 0 saturated carbocycles. The highest BCUT2D eigenvalue weighted by Gasteiger charge is 2.31. The summed E-state index contributed by atoms with van der Waals surface area (Å²) in [7, 11) is 0. The van der Waals surface area contributed by atoms with Crippen LogP contribution in [0.4, 0.5) is 24.7 Å². The minimum absolute atomic E-state index is 0.0662. The minimum Gasteiger partial charge on any atom is -0.465 e. The van der Waals surface area contributed by atoms with Crippen molar-refractivity contribution in [2.45, 2.75) is 64.0 Å². The molecule has 0 radical (unpaired) electrons. The summed E-state index contributed by atoms with van der Waals surface area (Å²) in [4.78, 5) is 39.7. The predicted molar refractivity (Wildman–Crippen MR) is 129 cm³/mol. The molecule has 0 aromatic carbocycles. The van der Waals surface area contributed by atoms with Gasteiger partial charge in [-0.3, -0.25) is 15.2 Å². The predicted octanol–water partition coefficient (Wildman–Crippen LogP) is 3.92. The highest BCUT2D eigenvalue weighted by Crippen LogP contribution is 2.30. The van der Waals surface area contributed by atoms with Crippen LogP contribution in [0.1, 0.15) is 49.8 Å². The molecule has 3 atom stereocenters. The summed E-state index contributed by atoms with van der Waals surface area (Å²) in [6.07, 6.45) is -1.34. The number of rotatable bonds is 6. The quantitative estimate of drug-likeness (QED) is 0.344. The van der Waals surface area contributed by atoms with Crippen molar-refractivity contribution in [2.24, 2.45) is 0 Å². The number of hydrogen-bond acceptors (Lipinski definition) is 8. The van der Waals surface area contributed by atoms with Crippen LogP contribution in [0.3, 0.4) is 0 Å². The summed E-state index contributed by atoms with van der Waals surface area (Å²) in [6, 6.07) is -0.751. The molecule has 0 aliphatic carbocycles. The standard InChI is InChI=1S/C20H26BrFN6O6S/c1-20(2,3)34-19(32)25-11-5-4-9(33-8-10(11)22)6-12-13(7-23-28-12)24-15(29)14-16(27-18(30)31)35-17(21)26-14/h7,9-11,27H,4-6,8H2,1-3H3,(H,23,28)(H,24,29)(H,25,32)(H,30,31)/t9-,10+,11+/m0/s1. The van der Waals surface area contributed by atoms with Gasteiger partial charge in [0.25, 0.3) is 5.91 Å². The first kappa shape index (κ1) is 26.8. The van der Waals surface area contributed by atoms with Gasteiger partial charge in [-0.1, -0.05) is 11.3 Å². The number of carbonyl (C=O) groups excluding carboxylic acids is 2. The number of halogens is 2. The van der Waals surface area contributed by atoms with Crippen molar-refractivity contribution in [3.05, 3.63) is 21.5 Å². The molecule has 35 heavy (non-hydrogen) atoms. The Morgan fingerprint density at radius 3 is 2.77 bits per heavy atom. The van der Waals surface area contributed by atoms with E-state index in [1.165, 1.54) is 6.20 Å². The Morgan fingerprint density at radius 1 is 1.34 bits per heavy atom. The number of amides is 3. The largest absolute Gasteiger partial charge is 0.465 e. The Kier molecular flexibility index (Phi) is 8.66. The molecule has 3 amide bonds. The van der Waals surface area contributed by atoms with E-state index in [9.17, 15) is 18.8 Å². The lowest BCUT2D eigenvalue weighted by Crippen LogP contribution is -2.44. The van der Waals surface area contributed by atoms with Gasteiger partial charge >= 0.3 is 12.2 Å². The number of nitrogens with zero attached hydrogens (tertiary/aromatic N) is 2. The number of thiazole rings is 1. The lowest BCUT2D eigenvalue weighted by Gasteiger charge is -2.24. The Bertz CT molecular complexity index is 1070. The van der Waals surface area contributed by atoms with Crippen LogP contribution in [0.25, 0.3) is 0 Å². The van der Waals surface area contributed by atoms with Gasteiger partial charge in [0.2, 0.25) is 0 Å². The van der Waals surface area contributed by atoms with Crippen molar-refractivity contribution < 1.29 is 33.4 Å². The van der Waals surface area contributed by atoms with Crippen molar-refractivity contribution in [1.29, 1.82) is 0 Å². The monoisotopic (exact) mass is 576 g/mol. The first-order chi connectivity index (χ1) is 16.4. The van der Waals surface area contributed by atoms with Gasteiger partial charge in [0.15, 0.2) is 9.61 Å². The van der Waals surface area contributed by atoms with Crippen molar-refractivity contribution in [3.63, 3.8) is 0 Å². The molecule has 0 unspecified atom stereocenters. The van der Waals surface area contributed by atoms with Crippen LogP contribution in [0.2, 0.25) is 0 Å². The maximum absolute atomic E-state index is 14.6. The molecule has 15 heteroatoms. The second kappa shape index (κ2) is 11.3. The highest BCUT2D eigenvalue weighted by molar-refractivity contribution is 9.11. The number of nitrogens with one attached hydrogen (secondary N) is 4. The lowest BCUT2D eigenvalue weighted by molar-refractivity contribution is 0.0242. The number of carboxylic acid groups (broad SMARTS) is 1. The lowest BCUT2D eigenvalue weighted by atomic mass is 10.0. The number of hydrogen-bond donors (Lipinski definition) is 5. The maximum atomic E-state index is 14.6. The van der Waals surface area contributed by atoms with Crippen molar-refractivity contribution in [2.75, 3.05) is 17.2 Å². The van der Waals surface area contributed by atoms with E-state index in [0.29, 0.717) is 34.6 Å². The summed E-state index contributed by atoms with van der Waals surface area (Å²) in [5, 5.41) is 23.1. The number of anilines is 2. The normalized spacial score (nSPS) is 20.5. The van der Waals surface area contributed by atoms with E-state index in [4.69, 9.17) is 14.6 Å². The first-order valence-electron chi connectivity index (χ1n) is 10.7. The molecule has 3 rings (SSSR count). The van der Waals surface area contributed by atoms with E-state index in [-0.39, 0.29) is 17.3 Å². The Morgan fingerprint density at radius 2 is 2.09 bits per heavy atom. The van der Waals surface area contributed by atoms with Gasteiger partial charge in [-0.2, -0.15) is 5.10 Å². The number of aromatic amines is 1. The molecule has 0 bridgehead atoms. The van der Waals surface area contributed by atoms with Crippen LogP contribution in [0.15, 0.2) is 10.1 Å². The number of carbonyl (C=O) groups is 3. The summed E-state index contributed by atoms with van der Waals surface area (Å²) in [5.41, 5.74) is 0.103. The molecule has 2 aromatic heterocycles. The van der Waals surface area contributed by atoms with Gasteiger partial charge in [-0.25, -0.2) is 19.0 Å². The molecular weight excluding hydrogens is 551 g/mol. The van der Waals surface area contributed by atoms with Gasteiger partial charge in [0.1, 0.15) is 16.8 Å². The van der Waals surface area contributed by atoms with Crippen molar-refractivity contribution in [3.8, 4) is 0 Å². The molecule has 2 aromatic rings. The fourth-order valence-corrected chi connectivity index (χ4v) is 4.71. The average Bonchev–Trinajstić information content (AvgIpc) is 3.27. The van der Waals surface area contributed by atoms with Gasteiger partial charge in [0.05, 0.1) is 36.3 Å². The number of ether oxygens (including phenoxy) is 2. The molecule has 1 saturated heterocycles. The third-order valence-electron chi connectivity index (χ3n) is 4.86. The zero-order chi connectivity index (χ0) is 25.8. The fourth-order valence-electron chi connectivity index (χ4n) is 3.37. The van der Waals surface area contributed by atoms with E-state index in [0.717, 1.165) is 11.3 Å². The molecule has 1 aliphatic heterocycles. The van der Waals surface area contributed by atoms with Crippen molar-refractivity contribution in [1.82, 2.24) is 20.5 Å². The van der Waals surface area contributed by atoms with Gasteiger partial charge < -0.3 is 25.2 Å². The van der Waals surface area contributed by atoms with Crippen LogP contribution in [0, 0.1) is 0 Å². The third kappa shape index (κ3) is 7.86. The number of alkyl halides is 1. The number of H-pyrrole nitrogens is 1. The molecule has 1 aliphatic rings. The van der Waals surface area contributed by atoms with Crippen LogP contribution in [-0.2, 0) is 15.9 Å². The highest BCUT2D eigenvalue weighted by atomic mass is 79.9. The maximum Gasteiger partial charge on any atom is 0.409 e. The van der Waals surface area contributed by atoms with Gasteiger partial charge in [-0.15, -0.1) is 0 Å². The average molecular weight is 577 g/mol. The summed E-state index contributed by atoms with van der Waals surface area (Å²) in [6.45, 7) is 4.97. The van der Waals surface area contributed by atoms with E-state index >= 15 is 0 Å². The third-order valence-corrected chi connectivity index (χ3v) is 6.29. The van der Waals surface area contributed by atoms with Crippen LogP contribution < -0.4 is 16.0 Å². The molecule has 3 heterocycles. The smallest absolute Gasteiger partial charge is 0.409 e. The number of aromatic nitrogens is 3. The molecule has 12 nitrogen and oxygen atoms in total.